The molecule has 1 aliphatic heterocycles. The van der Waals surface area contributed by atoms with E-state index in [1.54, 1.807) is 0 Å². The van der Waals surface area contributed by atoms with Gasteiger partial charge in [0.15, 0.2) is 0 Å². The summed E-state index contributed by atoms with van der Waals surface area (Å²) in [4.78, 5) is 2.50. The smallest absolute Gasteiger partial charge is 0.0564 e. The van der Waals surface area contributed by atoms with Crippen molar-refractivity contribution in [2.45, 2.75) is 38.3 Å². The first-order valence-electron chi connectivity index (χ1n) is 6.28. The van der Waals surface area contributed by atoms with Crippen LogP contribution in [0.5, 0.6) is 0 Å². The van der Waals surface area contributed by atoms with Gasteiger partial charge in [-0.15, -0.1) is 0 Å². The van der Waals surface area contributed by atoms with E-state index >= 15 is 0 Å². The number of hydrogen-bond donors (Lipinski definition) is 1. The molecule has 2 rings (SSSR count). The molecule has 1 saturated heterocycles. The Labute approximate surface area is 97.9 Å². The number of rotatable bonds is 3. The molecule has 1 N–H and O–H groups in total. The summed E-state index contributed by atoms with van der Waals surface area (Å²) in [5.41, 5.74) is 1.40. The van der Waals surface area contributed by atoms with Gasteiger partial charge < -0.3 is 5.11 Å². The van der Waals surface area contributed by atoms with Crippen molar-refractivity contribution < 1.29 is 5.11 Å². The number of piperidine rings is 1. The fourth-order valence-electron chi connectivity index (χ4n) is 2.58. The summed E-state index contributed by atoms with van der Waals surface area (Å²) in [6.07, 6.45) is 2.90. The maximum Gasteiger partial charge on any atom is 0.0564 e. The predicted molar refractivity (Wildman–Crippen MR) is 66.3 cm³/mol. The van der Waals surface area contributed by atoms with Crippen LogP contribution < -0.4 is 0 Å². The van der Waals surface area contributed by atoms with E-state index in [0.29, 0.717) is 6.04 Å². The largest absolute Gasteiger partial charge is 0.393 e. The summed E-state index contributed by atoms with van der Waals surface area (Å²) >= 11 is 0. The van der Waals surface area contributed by atoms with E-state index in [4.69, 9.17) is 0 Å². The lowest BCUT2D eigenvalue weighted by molar-refractivity contribution is 0.0592. The van der Waals surface area contributed by atoms with Crippen LogP contribution in [0.4, 0.5) is 0 Å². The minimum absolute atomic E-state index is 0.0791. The Morgan fingerprint density at radius 2 is 1.88 bits per heavy atom. The zero-order valence-corrected chi connectivity index (χ0v) is 9.97. The van der Waals surface area contributed by atoms with Gasteiger partial charge in [0.05, 0.1) is 6.10 Å². The first-order chi connectivity index (χ1) is 7.81. The lowest BCUT2D eigenvalue weighted by atomic mass is 9.99. The summed E-state index contributed by atoms with van der Waals surface area (Å²) in [5, 5.41) is 9.53. The van der Waals surface area contributed by atoms with Crippen molar-refractivity contribution >= 4 is 0 Å². The van der Waals surface area contributed by atoms with Crippen LogP contribution in [0.15, 0.2) is 30.3 Å². The van der Waals surface area contributed by atoms with Gasteiger partial charge >= 0.3 is 0 Å². The van der Waals surface area contributed by atoms with Crippen LogP contribution in [0, 0.1) is 0 Å². The number of aliphatic hydroxyl groups is 1. The topological polar surface area (TPSA) is 23.5 Å². The molecule has 0 amide bonds. The standard InChI is InChI=1S/C14H21NO/c1-2-14(12-6-4-3-5-7-12)15-10-8-13(16)9-11-15/h3-7,13-14,16H,2,8-11H2,1H3. The van der Waals surface area contributed by atoms with Crippen molar-refractivity contribution in [2.24, 2.45) is 0 Å². The molecular formula is C14H21NO. The summed E-state index contributed by atoms with van der Waals surface area (Å²) in [6, 6.07) is 11.2. The first kappa shape index (κ1) is 11.6. The maximum atomic E-state index is 9.53. The number of nitrogens with zero attached hydrogens (tertiary/aromatic N) is 1. The molecule has 1 fully saturated rings. The normalized spacial score (nSPS) is 20.9. The molecule has 1 aromatic carbocycles. The molecule has 0 saturated carbocycles. The second-order valence-corrected chi connectivity index (χ2v) is 4.60. The minimum Gasteiger partial charge on any atom is -0.393 e. The van der Waals surface area contributed by atoms with E-state index in [-0.39, 0.29) is 6.10 Å². The molecule has 1 atom stereocenters. The van der Waals surface area contributed by atoms with Gasteiger partial charge in [0.1, 0.15) is 0 Å². The van der Waals surface area contributed by atoms with Crippen molar-refractivity contribution in [2.75, 3.05) is 13.1 Å². The molecule has 0 radical (unpaired) electrons. The SMILES string of the molecule is CCC(c1ccccc1)N1CCC(O)CC1. The van der Waals surface area contributed by atoms with Gasteiger partial charge in [-0.3, -0.25) is 4.90 Å². The van der Waals surface area contributed by atoms with E-state index in [1.165, 1.54) is 5.56 Å². The van der Waals surface area contributed by atoms with Gasteiger partial charge in [0, 0.05) is 19.1 Å². The number of likely N-dealkylation sites (tertiary alicyclic amines) is 1. The number of benzene rings is 1. The van der Waals surface area contributed by atoms with E-state index in [9.17, 15) is 5.11 Å². The molecule has 2 nitrogen and oxygen atoms in total. The fraction of sp³-hybridized carbons (Fsp3) is 0.571. The molecule has 1 aliphatic rings. The number of hydrogen-bond acceptors (Lipinski definition) is 2. The van der Waals surface area contributed by atoms with Crippen molar-refractivity contribution in [3.05, 3.63) is 35.9 Å². The molecule has 0 aromatic heterocycles. The second kappa shape index (κ2) is 5.46. The van der Waals surface area contributed by atoms with Crippen molar-refractivity contribution in [1.82, 2.24) is 4.90 Å². The third-order valence-electron chi connectivity index (χ3n) is 3.51. The summed E-state index contributed by atoms with van der Waals surface area (Å²) in [5.74, 6) is 0. The molecule has 1 unspecified atom stereocenters. The van der Waals surface area contributed by atoms with E-state index in [1.807, 2.05) is 0 Å². The van der Waals surface area contributed by atoms with Gasteiger partial charge in [0.25, 0.3) is 0 Å². The third-order valence-corrected chi connectivity index (χ3v) is 3.51. The van der Waals surface area contributed by atoms with Gasteiger partial charge in [-0.1, -0.05) is 37.3 Å². The second-order valence-electron chi connectivity index (χ2n) is 4.60. The van der Waals surface area contributed by atoms with Crippen LogP contribution in [0.3, 0.4) is 0 Å². The van der Waals surface area contributed by atoms with Gasteiger partial charge in [-0.05, 0) is 24.8 Å². The zero-order chi connectivity index (χ0) is 11.4. The Bertz CT molecular complexity index is 304. The monoisotopic (exact) mass is 219 g/mol. The lowest BCUT2D eigenvalue weighted by Gasteiger charge is -2.36. The highest BCUT2D eigenvalue weighted by molar-refractivity contribution is 5.19. The quantitative estimate of drug-likeness (QED) is 0.844. The molecule has 16 heavy (non-hydrogen) atoms. The highest BCUT2D eigenvalue weighted by Gasteiger charge is 2.23. The summed E-state index contributed by atoms with van der Waals surface area (Å²) in [7, 11) is 0. The fourth-order valence-corrected chi connectivity index (χ4v) is 2.58. The molecular weight excluding hydrogens is 198 g/mol. The summed E-state index contributed by atoms with van der Waals surface area (Å²) in [6.45, 7) is 4.28. The van der Waals surface area contributed by atoms with Gasteiger partial charge in [-0.2, -0.15) is 0 Å². The molecule has 0 spiro atoms. The average Bonchev–Trinajstić information content (AvgIpc) is 2.34. The van der Waals surface area contributed by atoms with Gasteiger partial charge in [-0.25, -0.2) is 0 Å². The Morgan fingerprint density at radius 1 is 1.25 bits per heavy atom. The van der Waals surface area contributed by atoms with Crippen LogP contribution in [0.1, 0.15) is 37.8 Å². The minimum atomic E-state index is -0.0791. The van der Waals surface area contributed by atoms with Gasteiger partial charge in [0.2, 0.25) is 0 Å². The molecule has 1 aromatic rings. The van der Waals surface area contributed by atoms with Crippen LogP contribution in [0.2, 0.25) is 0 Å². The highest BCUT2D eigenvalue weighted by atomic mass is 16.3. The molecule has 0 bridgehead atoms. The Balaban J connectivity index is 2.05. The maximum absolute atomic E-state index is 9.53. The molecule has 0 aliphatic carbocycles. The molecule has 2 heteroatoms. The molecule has 88 valence electrons. The van der Waals surface area contributed by atoms with E-state index in [2.05, 4.69) is 42.2 Å². The average molecular weight is 219 g/mol. The predicted octanol–water partition coefficient (Wildman–Crippen LogP) is 2.59. The Kier molecular flexibility index (Phi) is 3.97. The summed E-state index contributed by atoms with van der Waals surface area (Å²) < 4.78 is 0. The van der Waals surface area contributed by atoms with Crippen molar-refractivity contribution in [3.63, 3.8) is 0 Å². The third kappa shape index (κ3) is 2.63. The zero-order valence-electron chi connectivity index (χ0n) is 9.97. The number of aliphatic hydroxyl groups excluding tert-OH is 1. The first-order valence-corrected chi connectivity index (χ1v) is 6.28. The van der Waals surface area contributed by atoms with E-state index in [0.717, 1.165) is 32.4 Å². The van der Waals surface area contributed by atoms with E-state index < -0.39 is 0 Å². The van der Waals surface area contributed by atoms with Crippen LogP contribution in [-0.4, -0.2) is 29.2 Å². The lowest BCUT2D eigenvalue weighted by Crippen LogP contribution is -2.38. The molecule has 1 heterocycles. The van der Waals surface area contributed by atoms with Crippen LogP contribution in [0.25, 0.3) is 0 Å². The Morgan fingerprint density at radius 3 is 2.44 bits per heavy atom. The van der Waals surface area contributed by atoms with Crippen LogP contribution in [-0.2, 0) is 0 Å². The van der Waals surface area contributed by atoms with Crippen LogP contribution >= 0.6 is 0 Å². The Hall–Kier alpha value is -0.860. The highest BCUT2D eigenvalue weighted by Crippen LogP contribution is 2.27. The van der Waals surface area contributed by atoms with Crippen molar-refractivity contribution in [3.8, 4) is 0 Å². The van der Waals surface area contributed by atoms with Crippen molar-refractivity contribution in [1.29, 1.82) is 0 Å².